The van der Waals surface area contributed by atoms with Gasteiger partial charge in [0.05, 0.1) is 12.3 Å². The molecule has 0 aliphatic heterocycles. The molecule has 0 aliphatic carbocycles. The van der Waals surface area contributed by atoms with Crippen molar-refractivity contribution < 1.29 is 13.9 Å². The van der Waals surface area contributed by atoms with Gasteiger partial charge in [0.15, 0.2) is 6.29 Å². The Kier molecular flexibility index (Phi) is 4.92. The summed E-state index contributed by atoms with van der Waals surface area (Å²) in [7, 11) is 1.74. The Morgan fingerprint density at radius 3 is 2.88 bits per heavy atom. The first kappa shape index (κ1) is 12.6. The number of ether oxygens (including phenoxy) is 1. The van der Waals surface area contributed by atoms with Crippen molar-refractivity contribution in [2.75, 3.05) is 31.7 Å². The standard InChI is InChI=1S/C12H16FNO2/c1-3-16-8-7-14(2)12-10(9-15)5-4-6-11(12)13/h4-6,9H,3,7-8H2,1-2H3. The van der Waals surface area contributed by atoms with Crippen molar-refractivity contribution in [1.82, 2.24) is 0 Å². The predicted octanol–water partition coefficient (Wildman–Crippen LogP) is 2.11. The van der Waals surface area contributed by atoms with Gasteiger partial charge in [-0.3, -0.25) is 4.79 Å². The molecule has 1 aromatic carbocycles. The minimum atomic E-state index is -0.386. The molecule has 0 heterocycles. The van der Waals surface area contributed by atoms with Gasteiger partial charge in [0.2, 0.25) is 0 Å². The summed E-state index contributed by atoms with van der Waals surface area (Å²) in [5.41, 5.74) is 0.691. The van der Waals surface area contributed by atoms with E-state index in [1.807, 2.05) is 6.92 Å². The molecule has 0 unspecified atom stereocenters. The van der Waals surface area contributed by atoms with Crippen LogP contribution in [0.1, 0.15) is 17.3 Å². The zero-order valence-corrected chi connectivity index (χ0v) is 9.57. The third-order valence-electron chi connectivity index (χ3n) is 2.30. The number of carbonyl (C=O) groups excluding carboxylic acids is 1. The van der Waals surface area contributed by atoms with E-state index in [0.717, 1.165) is 0 Å². The van der Waals surface area contributed by atoms with Crippen LogP contribution in [0.3, 0.4) is 0 Å². The van der Waals surface area contributed by atoms with E-state index in [0.29, 0.717) is 37.3 Å². The lowest BCUT2D eigenvalue weighted by Gasteiger charge is -2.21. The summed E-state index contributed by atoms with van der Waals surface area (Å²) in [5, 5.41) is 0. The van der Waals surface area contributed by atoms with Gasteiger partial charge in [-0.15, -0.1) is 0 Å². The molecule has 16 heavy (non-hydrogen) atoms. The lowest BCUT2D eigenvalue weighted by molar-refractivity contribution is 0.112. The Bertz CT molecular complexity index is 355. The molecule has 0 radical (unpaired) electrons. The molecule has 4 heteroatoms. The molecule has 0 amide bonds. The molecule has 0 N–H and O–H groups in total. The summed E-state index contributed by atoms with van der Waals surface area (Å²) in [6.07, 6.45) is 0.662. The largest absolute Gasteiger partial charge is 0.380 e. The molecule has 1 rings (SSSR count). The molecular weight excluding hydrogens is 209 g/mol. The van der Waals surface area contributed by atoms with Crippen molar-refractivity contribution in [1.29, 1.82) is 0 Å². The third kappa shape index (κ3) is 3.03. The fraction of sp³-hybridized carbons (Fsp3) is 0.417. The van der Waals surface area contributed by atoms with Gasteiger partial charge in [-0.25, -0.2) is 4.39 Å². The number of benzene rings is 1. The molecule has 1 aromatic rings. The number of likely N-dealkylation sites (N-methyl/N-ethyl adjacent to an activating group) is 1. The van der Waals surface area contributed by atoms with Crippen LogP contribution in [-0.2, 0) is 4.74 Å². The minimum Gasteiger partial charge on any atom is -0.380 e. The van der Waals surface area contributed by atoms with Gasteiger partial charge in [-0.05, 0) is 19.1 Å². The lowest BCUT2D eigenvalue weighted by Crippen LogP contribution is -2.24. The highest BCUT2D eigenvalue weighted by Crippen LogP contribution is 2.21. The average molecular weight is 225 g/mol. The number of carbonyl (C=O) groups is 1. The van der Waals surface area contributed by atoms with Crippen molar-refractivity contribution in [2.24, 2.45) is 0 Å². The zero-order valence-electron chi connectivity index (χ0n) is 9.57. The molecular formula is C12H16FNO2. The summed E-state index contributed by atoms with van der Waals surface area (Å²) < 4.78 is 18.7. The Hall–Kier alpha value is -1.42. The second-order valence-corrected chi connectivity index (χ2v) is 3.41. The summed E-state index contributed by atoms with van der Waals surface area (Å²) in [4.78, 5) is 12.5. The molecule has 0 aliphatic rings. The molecule has 0 fully saturated rings. The number of rotatable bonds is 6. The number of halogens is 1. The second kappa shape index (κ2) is 6.23. The minimum absolute atomic E-state index is 0.331. The summed E-state index contributed by atoms with van der Waals surface area (Å²) >= 11 is 0. The molecule has 0 bridgehead atoms. The molecule has 0 aromatic heterocycles. The van der Waals surface area contributed by atoms with Crippen LogP contribution in [0.5, 0.6) is 0 Å². The van der Waals surface area contributed by atoms with Crippen LogP contribution in [0, 0.1) is 5.82 Å². The second-order valence-electron chi connectivity index (χ2n) is 3.41. The van der Waals surface area contributed by atoms with Gasteiger partial charge in [-0.2, -0.15) is 0 Å². The number of anilines is 1. The van der Waals surface area contributed by atoms with E-state index < -0.39 is 0 Å². The molecule has 0 saturated heterocycles. The Balaban J connectivity index is 2.80. The number of hydrogen-bond acceptors (Lipinski definition) is 3. The van der Waals surface area contributed by atoms with E-state index in [9.17, 15) is 9.18 Å². The Morgan fingerprint density at radius 2 is 2.25 bits per heavy atom. The van der Waals surface area contributed by atoms with E-state index in [4.69, 9.17) is 4.74 Å². The van der Waals surface area contributed by atoms with Gasteiger partial charge < -0.3 is 9.64 Å². The van der Waals surface area contributed by atoms with Gasteiger partial charge in [0.1, 0.15) is 5.82 Å². The van der Waals surface area contributed by atoms with Crippen molar-refractivity contribution >= 4 is 12.0 Å². The summed E-state index contributed by atoms with van der Waals surface area (Å²) in [6.45, 7) is 3.60. The van der Waals surface area contributed by atoms with E-state index in [-0.39, 0.29) is 5.82 Å². The SMILES string of the molecule is CCOCCN(C)c1c(F)cccc1C=O. The molecule has 0 atom stereocenters. The average Bonchev–Trinajstić information content (AvgIpc) is 2.28. The Morgan fingerprint density at radius 1 is 1.50 bits per heavy atom. The maximum absolute atomic E-state index is 13.6. The molecule has 3 nitrogen and oxygen atoms in total. The van der Waals surface area contributed by atoms with E-state index in [2.05, 4.69) is 0 Å². The van der Waals surface area contributed by atoms with Gasteiger partial charge in [0, 0.05) is 25.8 Å². The van der Waals surface area contributed by atoms with Crippen molar-refractivity contribution in [3.63, 3.8) is 0 Å². The number of aldehydes is 1. The monoisotopic (exact) mass is 225 g/mol. The van der Waals surface area contributed by atoms with Crippen molar-refractivity contribution in [3.8, 4) is 0 Å². The highest BCUT2D eigenvalue weighted by Gasteiger charge is 2.11. The fourth-order valence-electron chi connectivity index (χ4n) is 1.49. The van der Waals surface area contributed by atoms with Crippen LogP contribution >= 0.6 is 0 Å². The topological polar surface area (TPSA) is 29.5 Å². The first-order valence-electron chi connectivity index (χ1n) is 5.23. The lowest BCUT2D eigenvalue weighted by atomic mass is 10.1. The van der Waals surface area contributed by atoms with Crippen molar-refractivity contribution in [2.45, 2.75) is 6.92 Å². The summed E-state index contributed by atoms with van der Waals surface area (Å²) in [6, 6.07) is 4.47. The van der Waals surface area contributed by atoms with Gasteiger partial charge >= 0.3 is 0 Å². The molecule has 0 saturated carbocycles. The van der Waals surface area contributed by atoms with Crippen LogP contribution < -0.4 is 4.90 Å². The smallest absolute Gasteiger partial charge is 0.152 e. The highest BCUT2D eigenvalue weighted by atomic mass is 19.1. The maximum atomic E-state index is 13.6. The summed E-state index contributed by atoms with van der Waals surface area (Å²) in [5.74, 6) is -0.386. The predicted molar refractivity (Wildman–Crippen MR) is 61.6 cm³/mol. The van der Waals surface area contributed by atoms with E-state index >= 15 is 0 Å². The number of hydrogen-bond donors (Lipinski definition) is 0. The van der Waals surface area contributed by atoms with Gasteiger partial charge in [0.25, 0.3) is 0 Å². The molecule has 0 spiro atoms. The third-order valence-corrected chi connectivity index (χ3v) is 2.30. The van der Waals surface area contributed by atoms with Crippen LogP contribution in [-0.4, -0.2) is 33.1 Å². The van der Waals surface area contributed by atoms with Crippen LogP contribution in [0.15, 0.2) is 18.2 Å². The Labute approximate surface area is 94.8 Å². The first-order chi connectivity index (χ1) is 7.70. The fourth-order valence-corrected chi connectivity index (χ4v) is 1.49. The van der Waals surface area contributed by atoms with Crippen LogP contribution in [0.2, 0.25) is 0 Å². The highest BCUT2D eigenvalue weighted by molar-refractivity contribution is 5.84. The van der Waals surface area contributed by atoms with E-state index in [1.165, 1.54) is 12.1 Å². The molecule has 88 valence electrons. The quantitative estimate of drug-likeness (QED) is 0.548. The number of nitrogens with zero attached hydrogens (tertiary/aromatic N) is 1. The maximum Gasteiger partial charge on any atom is 0.152 e. The van der Waals surface area contributed by atoms with Crippen LogP contribution in [0.4, 0.5) is 10.1 Å². The first-order valence-corrected chi connectivity index (χ1v) is 5.23. The normalized spacial score (nSPS) is 10.2. The van der Waals surface area contributed by atoms with E-state index in [1.54, 1.807) is 18.0 Å². The number of para-hydroxylation sites is 1. The van der Waals surface area contributed by atoms with Crippen molar-refractivity contribution in [3.05, 3.63) is 29.6 Å². The van der Waals surface area contributed by atoms with Gasteiger partial charge in [-0.1, -0.05) is 6.07 Å². The zero-order chi connectivity index (χ0) is 12.0. The van der Waals surface area contributed by atoms with Crippen LogP contribution in [0.25, 0.3) is 0 Å².